The van der Waals surface area contributed by atoms with Crippen LogP contribution in [0, 0.1) is 5.92 Å². The second-order valence-electron chi connectivity index (χ2n) is 9.67. The van der Waals surface area contributed by atoms with E-state index in [2.05, 4.69) is 6.92 Å². The Morgan fingerprint density at radius 3 is 2.53 bits per heavy atom. The molecule has 1 aliphatic heterocycles. The molecule has 0 spiro atoms. The highest BCUT2D eigenvalue weighted by atomic mass is 35.5. The number of amidine groups is 1. The minimum atomic E-state index is 0.0189. The smallest absolute Gasteiger partial charge is 0.267 e. The van der Waals surface area contributed by atoms with Crippen molar-refractivity contribution in [2.45, 2.75) is 45.3 Å². The number of halogens is 1. The molecule has 1 heterocycles. The van der Waals surface area contributed by atoms with E-state index >= 15 is 0 Å². The van der Waals surface area contributed by atoms with E-state index in [1.807, 2.05) is 83.8 Å². The molecule has 2 atom stereocenters. The lowest BCUT2D eigenvalue weighted by Gasteiger charge is -2.35. The molecule has 38 heavy (non-hydrogen) atoms. The van der Waals surface area contributed by atoms with Crippen molar-refractivity contribution in [3.05, 3.63) is 93.9 Å². The van der Waals surface area contributed by atoms with Crippen LogP contribution < -0.4 is 9.47 Å². The molecule has 2 aliphatic rings. The molecular formula is C31H31ClN2O3S. The van der Waals surface area contributed by atoms with Gasteiger partial charge in [0.15, 0.2) is 16.7 Å². The van der Waals surface area contributed by atoms with Gasteiger partial charge in [0, 0.05) is 11.1 Å². The van der Waals surface area contributed by atoms with Gasteiger partial charge < -0.3 is 9.47 Å². The van der Waals surface area contributed by atoms with E-state index in [0.717, 1.165) is 41.2 Å². The molecule has 1 saturated heterocycles. The van der Waals surface area contributed by atoms with Crippen LogP contribution in [0.15, 0.2) is 82.7 Å². The Morgan fingerprint density at radius 1 is 1.03 bits per heavy atom. The summed E-state index contributed by atoms with van der Waals surface area (Å²) in [6.45, 7) is 2.65. The van der Waals surface area contributed by atoms with E-state index in [-0.39, 0.29) is 11.9 Å². The number of amides is 1. The van der Waals surface area contributed by atoms with Crippen LogP contribution >= 0.6 is 23.4 Å². The average Bonchev–Trinajstić information content (AvgIpc) is 3.23. The van der Waals surface area contributed by atoms with Crippen LogP contribution in [0.25, 0.3) is 6.08 Å². The van der Waals surface area contributed by atoms with Crippen LogP contribution in [-0.4, -0.2) is 29.1 Å². The van der Waals surface area contributed by atoms with Crippen LogP contribution in [0.1, 0.15) is 43.7 Å². The van der Waals surface area contributed by atoms with Crippen molar-refractivity contribution in [3.63, 3.8) is 0 Å². The van der Waals surface area contributed by atoms with Gasteiger partial charge in [-0.1, -0.05) is 67.8 Å². The number of hydrogen-bond acceptors (Lipinski definition) is 5. The van der Waals surface area contributed by atoms with Crippen molar-refractivity contribution >= 4 is 46.2 Å². The fourth-order valence-electron chi connectivity index (χ4n) is 4.94. The van der Waals surface area contributed by atoms with Gasteiger partial charge in [0.05, 0.1) is 17.7 Å². The van der Waals surface area contributed by atoms with Gasteiger partial charge in [0.2, 0.25) is 0 Å². The van der Waals surface area contributed by atoms with Crippen molar-refractivity contribution in [2.75, 3.05) is 7.11 Å². The summed E-state index contributed by atoms with van der Waals surface area (Å²) in [5.41, 5.74) is 2.73. The number of hydrogen-bond donors (Lipinski definition) is 0. The van der Waals surface area contributed by atoms with Crippen LogP contribution in [0.2, 0.25) is 5.02 Å². The fourth-order valence-corrected chi connectivity index (χ4v) is 6.11. The lowest BCUT2D eigenvalue weighted by atomic mass is 9.85. The van der Waals surface area contributed by atoms with Gasteiger partial charge in [-0.15, -0.1) is 0 Å². The molecule has 0 N–H and O–H groups in total. The zero-order valence-corrected chi connectivity index (χ0v) is 23.2. The summed E-state index contributed by atoms with van der Waals surface area (Å²) in [4.78, 5) is 21.2. The maximum atomic E-state index is 13.8. The summed E-state index contributed by atoms with van der Waals surface area (Å²) in [6, 6.07) is 23.3. The summed E-state index contributed by atoms with van der Waals surface area (Å²) in [6.07, 6.45) is 6.41. The molecule has 1 aliphatic carbocycles. The summed E-state index contributed by atoms with van der Waals surface area (Å²) in [5, 5.41) is 1.44. The number of para-hydroxylation sites is 1. The number of thioether (sulfide) groups is 1. The monoisotopic (exact) mass is 546 g/mol. The zero-order chi connectivity index (χ0) is 26.5. The fraction of sp³-hybridized carbons (Fsp3) is 0.290. The Balaban J connectivity index is 1.40. The van der Waals surface area contributed by atoms with Crippen LogP contribution in [0.3, 0.4) is 0 Å². The van der Waals surface area contributed by atoms with Crippen LogP contribution in [-0.2, 0) is 11.4 Å². The first-order valence-electron chi connectivity index (χ1n) is 12.9. The summed E-state index contributed by atoms with van der Waals surface area (Å²) < 4.78 is 11.6. The van der Waals surface area contributed by atoms with E-state index in [4.69, 9.17) is 26.1 Å². The van der Waals surface area contributed by atoms with Gasteiger partial charge in [-0.2, -0.15) is 0 Å². The van der Waals surface area contributed by atoms with E-state index < -0.39 is 0 Å². The number of rotatable bonds is 7. The van der Waals surface area contributed by atoms with Crippen molar-refractivity contribution in [1.29, 1.82) is 0 Å². The Hall–Kier alpha value is -3.22. The third-order valence-electron chi connectivity index (χ3n) is 7.01. The topological polar surface area (TPSA) is 51.1 Å². The van der Waals surface area contributed by atoms with E-state index in [1.165, 1.54) is 18.2 Å². The molecule has 0 unspecified atom stereocenters. The Kier molecular flexibility index (Phi) is 8.40. The minimum Gasteiger partial charge on any atom is -0.493 e. The Morgan fingerprint density at radius 2 is 1.79 bits per heavy atom. The second-order valence-corrected chi connectivity index (χ2v) is 11.1. The molecule has 1 amide bonds. The van der Waals surface area contributed by atoms with Crippen molar-refractivity contribution in [3.8, 4) is 11.5 Å². The molecule has 7 heteroatoms. The quantitative estimate of drug-likeness (QED) is 0.281. The van der Waals surface area contributed by atoms with Gasteiger partial charge in [-0.25, -0.2) is 4.99 Å². The highest BCUT2D eigenvalue weighted by Gasteiger charge is 2.41. The highest BCUT2D eigenvalue weighted by molar-refractivity contribution is 8.18. The molecule has 2 fully saturated rings. The first kappa shape index (κ1) is 26.4. The molecule has 0 radical (unpaired) electrons. The molecule has 1 saturated carbocycles. The highest BCUT2D eigenvalue weighted by Crippen LogP contribution is 2.40. The number of aliphatic imine (C=N–C) groups is 1. The molecule has 3 aromatic rings. The van der Waals surface area contributed by atoms with Gasteiger partial charge >= 0.3 is 0 Å². The number of carbonyl (C=O) groups is 1. The molecule has 5 rings (SSSR count). The Bertz CT molecular complexity index is 1340. The molecule has 196 valence electrons. The molecule has 0 bridgehead atoms. The first-order chi connectivity index (χ1) is 18.5. The SMILES string of the molecule is COc1cc(/C=C2\SC(=Nc3ccccc3)N([C@@H]3CCCC[C@@H]3C)C2=O)ccc1OCc1ccc(Cl)cc1. The van der Waals surface area contributed by atoms with E-state index in [1.54, 1.807) is 7.11 Å². The number of ether oxygens (including phenoxy) is 2. The van der Waals surface area contributed by atoms with Crippen molar-refractivity contribution in [1.82, 2.24) is 4.90 Å². The number of nitrogens with zero attached hydrogens (tertiary/aromatic N) is 2. The average molecular weight is 547 g/mol. The lowest BCUT2D eigenvalue weighted by Crippen LogP contribution is -2.44. The summed E-state index contributed by atoms with van der Waals surface area (Å²) in [7, 11) is 1.62. The third kappa shape index (κ3) is 6.08. The van der Waals surface area contributed by atoms with E-state index in [0.29, 0.717) is 34.0 Å². The van der Waals surface area contributed by atoms with Gasteiger partial charge in [0.25, 0.3) is 5.91 Å². The summed E-state index contributed by atoms with van der Waals surface area (Å²) >= 11 is 7.42. The predicted octanol–water partition coefficient (Wildman–Crippen LogP) is 8.11. The van der Waals surface area contributed by atoms with Crippen LogP contribution in [0.4, 0.5) is 5.69 Å². The number of carbonyl (C=O) groups excluding carboxylic acids is 1. The first-order valence-corrected chi connectivity index (χ1v) is 14.1. The molecule has 3 aromatic carbocycles. The van der Waals surface area contributed by atoms with E-state index in [9.17, 15) is 4.79 Å². The standard InChI is InChI=1S/C31H31ClN2O3S/c1-21-8-6-7-11-26(21)34-30(35)29(38-31(34)33-25-9-4-3-5-10-25)19-23-14-17-27(28(18-23)36-2)37-20-22-12-15-24(32)16-13-22/h3-5,9-10,12-19,21,26H,6-8,11,20H2,1-2H3/b29-19-,33-31?/t21-,26+/m0/s1. The lowest BCUT2D eigenvalue weighted by molar-refractivity contribution is -0.124. The van der Waals surface area contributed by atoms with Crippen molar-refractivity contribution < 1.29 is 14.3 Å². The maximum Gasteiger partial charge on any atom is 0.267 e. The van der Waals surface area contributed by atoms with Gasteiger partial charge in [0.1, 0.15) is 6.61 Å². The normalized spacial score (nSPS) is 21.8. The predicted molar refractivity (Wildman–Crippen MR) is 156 cm³/mol. The number of methoxy groups -OCH3 is 1. The molecule has 0 aromatic heterocycles. The molecular weight excluding hydrogens is 516 g/mol. The Labute approximate surface area is 233 Å². The largest absolute Gasteiger partial charge is 0.493 e. The van der Waals surface area contributed by atoms with Gasteiger partial charge in [-0.3, -0.25) is 9.69 Å². The number of benzene rings is 3. The third-order valence-corrected chi connectivity index (χ3v) is 8.24. The summed E-state index contributed by atoms with van der Waals surface area (Å²) in [5.74, 6) is 1.70. The maximum absolute atomic E-state index is 13.8. The minimum absolute atomic E-state index is 0.0189. The zero-order valence-electron chi connectivity index (χ0n) is 21.6. The van der Waals surface area contributed by atoms with Crippen LogP contribution in [0.5, 0.6) is 11.5 Å². The second kappa shape index (κ2) is 12.1. The van der Waals surface area contributed by atoms with Gasteiger partial charge in [-0.05, 0) is 84.1 Å². The van der Waals surface area contributed by atoms with Crippen molar-refractivity contribution in [2.24, 2.45) is 10.9 Å². The molecule has 5 nitrogen and oxygen atoms in total.